The van der Waals surface area contributed by atoms with Crippen molar-refractivity contribution in [3.63, 3.8) is 0 Å². The van der Waals surface area contributed by atoms with E-state index in [1.165, 1.54) is 13.8 Å². The number of aryl methyl sites for hydroxylation is 1. The van der Waals surface area contributed by atoms with Crippen LogP contribution in [0.3, 0.4) is 0 Å². The first kappa shape index (κ1) is 16.0. The number of hydrogen-bond donors (Lipinski definition) is 2. The average Bonchev–Trinajstić information content (AvgIpc) is 3.06. The van der Waals surface area contributed by atoms with E-state index in [1.807, 2.05) is 10.8 Å². The highest BCUT2D eigenvalue weighted by molar-refractivity contribution is 5.83. The van der Waals surface area contributed by atoms with E-state index in [4.69, 9.17) is 9.47 Å². The fraction of sp³-hybridized carbons (Fsp3) is 0.625. The monoisotopic (exact) mass is 323 g/mol. The van der Waals surface area contributed by atoms with Crippen molar-refractivity contribution in [3.8, 4) is 0 Å². The summed E-state index contributed by atoms with van der Waals surface area (Å²) in [5.74, 6) is -2.73. The minimum Gasteiger partial charge on any atom is -0.459 e. The van der Waals surface area contributed by atoms with E-state index in [0.717, 1.165) is 18.2 Å². The number of esters is 2. The number of cyclic esters (lactones) is 1. The molecule has 126 valence electrons. The van der Waals surface area contributed by atoms with Crippen molar-refractivity contribution in [2.24, 2.45) is 5.92 Å². The Morgan fingerprint density at radius 2 is 2.00 bits per heavy atom. The molecule has 23 heavy (non-hydrogen) atoms. The molecule has 3 heterocycles. The van der Waals surface area contributed by atoms with Crippen molar-refractivity contribution < 1.29 is 29.3 Å². The average molecular weight is 323 g/mol. The number of ether oxygens (including phenoxy) is 2. The summed E-state index contributed by atoms with van der Waals surface area (Å²) in [5.41, 5.74) is -2.72. The van der Waals surface area contributed by atoms with Gasteiger partial charge < -0.3 is 24.3 Å². The maximum absolute atomic E-state index is 12.4. The Bertz CT molecular complexity index is 660. The molecule has 0 aliphatic carbocycles. The van der Waals surface area contributed by atoms with Gasteiger partial charge in [-0.05, 0) is 26.8 Å². The third-order valence-electron chi connectivity index (χ3n) is 5.23. The van der Waals surface area contributed by atoms with Crippen molar-refractivity contribution in [1.82, 2.24) is 4.57 Å². The zero-order valence-electron chi connectivity index (χ0n) is 13.4. The normalized spacial score (nSPS) is 37.6. The highest BCUT2D eigenvalue weighted by Gasteiger charge is 2.55. The predicted molar refractivity (Wildman–Crippen MR) is 78.1 cm³/mol. The summed E-state index contributed by atoms with van der Waals surface area (Å²) >= 11 is 0. The van der Waals surface area contributed by atoms with E-state index in [1.54, 1.807) is 6.07 Å². The number of aliphatic hydroxyl groups is 2. The summed E-state index contributed by atoms with van der Waals surface area (Å²) in [6.45, 7) is 4.48. The van der Waals surface area contributed by atoms with Gasteiger partial charge in [0.05, 0.1) is 11.6 Å². The van der Waals surface area contributed by atoms with E-state index in [0.29, 0.717) is 13.0 Å². The molecule has 0 saturated heterocycles. The van der Waals surface area contributed by atoms with Crippen molar-refractivity contribution in [3.05, 3.63) is 23.5 Å². The van der Waals surface area contributed by atoms with Gasteiger partial charge in [-0.2, -0.15) is 0 Å². The second-order valence-electron chi connectivity index (χ2n) is 6.65. The number of aromatic nitrogens is 1. The fourth-order valence-corrected chi connectivity index (χ4v) is 3.13. The Morgan fingerprint density at radius 1 is 1.30 bits per heavy atom. The SMILES string of the molecule is C[C@H]1C(=O)O[C@@H]2CCn3ccc(c32)COC(=O)[C@](C)(O)[C@]1(C)O. The molecule has 0 radical (unpaired) electrons. The summed E-state index contributed by atoms with van der Waals surface area (Å²) in [6, 6.07) is 1.80. The second kappa shape index (κ2) is 5.07. The van der Waals surface area contributed by atoms with Gasteiger partial charge in [-0.15, -0.1) is 0 Å². The molecule has 0 unspecified atom stereocenters. The van der Waals surface area contributed by atoms with Crippen molar-refractivity contribution >= 4 is 11.9 Å². The third-order valence-corrected chi connectivity index (χ3v) is 5.23. The van der Waals surface area contributed by atoms with E-state index in [2.05, 4.69) is 0 Å². The van der Waals surface area contributed by atoms with Gasteiger partial charge in [0.15, 0.2) is 5.60 Å². The summed E-state index contributed by atoms with van der Waals surface area (Å²) in [6.07, 6.45) is 2.05. The minimum absolute atomic E-state index is 0.0458. The Morgan fingerprint density at radius 3 is 2.70 bits per heavy atom. The zero-order valence-corrected chi connectivity index (χ0v) is 13.4. The molecule has 0 fully saturated rings. The maximum Gasteiger partial charge on any atom is 0.341 e. The van der Waals surface area contributed by atoms with Gasteiger partial charge in [0.2, 0.25) is 0 Å². The molecule has 7 nitrogen and oxygen atoms in total. The van der Waals surface area contributed by atoms with Crippen LogP contribution < -0.4 is 0 Å². The summed E-state index contributed by atoms with van der Waals surface area (Å²) in [4.78, 5) is 24.7. The molecular weight excluding hydrogens is 302 g/mol. The highest BCUT2D eigenvalue weighted by atomic mass is 16.6. The minimum atomic E-state index is -2.24. The van der Waals surface area contributed by atoms with Crippen LogP contribution in [0.4, 0.5) is 0 Å². The lowest BCUT2D eigenvalue weighted by Crippen LogP contribution is -2.61. The summed E-state index contributed by atoms with van der Waals surface area (Å²) in [7, 11) is 0. The van der Waals surface area contributed by atoms with Gasteiger partial charge in [-0.1, -0.05) is 0 Å². The lowest BCUT2D eigenvalue weighted by molar-refractivity contribution is -0.207. The lowest BCUT2D eigenvalue weighted by atomic mass is 9.76. The first-order valence-corrected chi connectivity index (χ1v) is 7.66. The maximum atomic E-state index is 12.4. The van der Waals surface area contributed by atoms with Crippen molar-refractivity contribution in [2.45, 2.75) is 57.6 Å². The molecule has 4 atom stereocenters. The number of nitrogens with zero attached hydrogens (tertiary/aromatic N) is 1. The highest BCUT2D eigenvalue weighted by Crippen LogP contribution is 2.38. The van der Waals surface area contributed by atoms with Crippen LogP contribution in [0.2, 0.25) is 0 Å². The molecule has 2 N–H and O–H groups in total. The van der Waals surface area contributed by atoms with Crippen LogP contribution in [0.5, 0.6) is 0 Å². The van der Waals surface area contributed by atoms with Gasteiger partial charge in [0.25, 0.3) is 0 Å². The summed E-state index contributed by atoms with van der Waals surface area (Å²) in [5, 5.41) is 21.1. The molecule has 7 heteroatoms. The van der Waals surface area contributed by atoms with Crippen molar-refractivity contribution in [2.75, 3.05) is 0 Å². The van der Waals surface area contributed by atoms with Gasteiger partial charge in [0, 0.05) is 24.7 Å². The molecule has 2 aliphatic heterocycles. The van der Waals surface area contributed by atoms with Crippen LogP contribution in [0.25, 0.3) is 0 Å². The molecule has 1 aromatic rings. The number of carbonyl (C=O) groups excluding carboxylic acids is 2. The number of hydrogen-bond acceptors (Lipinski definition) is 6. The van der Waals surface area contributed by atoms with E-state index >= 15 is 0 Å². The summed E-state index contributed by atoms with van der Waals surface area (Å²) < 4.78 is 12.7. The first-order chi connectivity index (χ1) is 10.7. The van der Waals surface area contributed by atoms with E-state index in [9.17, 15) is 19.8 Å². The Hall–Kier alpha value is -1.86. The quantitative estimate of drug-likeness (QED) is 0.681. The van der Waals surface area contributed by atoms with E-state index in [-0.39, 0.29) is 6.61 Å². The van der Waals surface area contributed by atoms with Gasteiger partial charge in [-0.3, -0.25) is 4.79 Å². The number of rotatable bonds is 0. The van der Waals surface area contributed by atoms with E-state index < -0.39 is 35.2 Å². The Labute approximate surface area is 133 Å². The van der Waals surface area contributed by atoms with Crippen LogP contribution in [0.15, 0.2) is 12.3 Å². The molecular formula is C16H21NO6. The van der Waals surface area contributed by atoms with Crippen LogP contribution in [-0.4, -0.2) is 37.9 Å². The topological polar surface area (TPSA) is 98.0 Å². The van der Waals surface area contributed by atoms with Gasteiger partial charge in [0.1, 0.15) is 18.3 Å². The Kier molecular flexibility index (Phi) is 3.53. The fourth-order valence-electron chi connectivity index (χ4n) is 3.13. The molecule has 0 aromatic carbocycles. The Balaban J connectivity index is 2.04. The zero-order chi connectivity index (χ0) is 17.0. The second-order valence-corrected chi connectivity index (χ2v) is 6.65. The number of carbonyl (C=O) groups is 2. The standard InChI is InChI=1S/C16H21NO6/c1-9-13(18)23-11-5-7-17-6-4-10(12(11)17)8-22-14(19)16(3,21)15(9,2)20/h4,6,9,11,20-21H,5,7-8H2,1-3H3/t9-,11+,15+,16-/m0/s1. The first-order valence-electron chi connectivity index (χ1n) is 7.66. The van der Waals surface area contributed by atoms with Crippen LogP contribution in [0.1, 0.15) is 44.6 Å². The largest absolute Gasteiger partial charge is 0.459 e. The molecule has 2 aliphatic rings. The molecule has 0 bridgehead atoms. The predicted octanol–water partition coefficient (Wildman–Crippen LogP) is 0.671. The van der Waals surface area contributed by atoms with Crippen LogP contribution in [0, 0.1) is 5.92 Å². The molecule has 3 rings (SSSR count). The molecule has 0 amide bonds. The van der Waals surface area contributed by atoms with Gasteiger partial charge >= 0.3 is 11.9 Å². The molecule has 1 aromatic heterocycles. The third kappa shape index (κ3) is 2.26. The van der Waals surface area contributed by atoms with Crippen LogP contribution >= 0.6 is 0 Å². The smallest absolute Gasteiger partial charge is 0.341 e. The van der Waals surface area contributed by atoms with Crippen molar-refractivity contribution in [1.29, 1.82) is 0 Å². The van der Waals surface area contributed by atoms with Crippen LogP contribution in [-0.2, 0) is 32.2 Å². The molecule has 0 saturated carbocycles. The lowest BCUT2D eigenvalue weighted by Gasteiger charge is -2.39. The molecule has 0 spiro atoms. The van der Waals surface area contributed by atoms with Gasteiger partial charge in [-0.25, -0.2) is 4.79 Å².